The molecule has 1 saturated carbocycles. The molecule has 0 amide bonds. The third kappa shape index (κ3) is 4.62. The highest BCUT2D eigenvalue weighted by molar-refractivity contribution is 6.28. The molecular formula is C23H27ClN6O3. The van der Waals surface area contributed by atoms with E-state index < -0.39 is 12.0 Å². The third-order valence-corrected chi connectivity index (χ3v) is 6.31. The Kier molecular flexibility index (Phi) is 6.73. The fourth-order valence-electron chi connectivity index (χ4n) is 3.76. The number of imidazole rings is 1. The first kappa shape index (κ1) is 23.3. The second kappa shape index (κ2) is 9.54. The predicted molar refractivity (Wildman–Crippen MR) is 125 cm³/mol. The Labute approximate surface area is 196 Å². The van der Waals surface area contributed by atoms with Crippen molar-refractivity contribution in [1.29, 1.82) is 0 Å². The molecule has 1 fully saturated rings. The van der Waals surface area contributed by atoms with Gasteiger partial charge in [-0.1, -0.05) is 38.5 Å². The first-order valence-electron chi connectivity index (χ1n) is 11.0. The van der Waals surface area contributed by atoms with Gasteiger partial charge in [0.05, 0.1) is 12.9 Å². The molecule has 2 heterocycles. The number of aromatic nitrogens is 4. The lowest BCUT2D eigenvalue weighted by Gasteiger charge is -2.19. The number of nitrogens with zero attached hydrogens (tertiary/aromatic N) is 4. The van der Waals surface area contributed by atoms with Crippen LogP contribution in [0.2, 0.25) is 5.28 Å². The lowest BCUT2D eigenvalue weighted by molar-refractivity contribution is -0.147. The van der Waals surface area contributed by atoms with Gasteiger partial charge in [0, 0.05) is 22.7 Å². The topological polar surface area (TPSA) is 139 Å². The zero-order valence-corrected chi connectivity index (χ0v) is 19.4. The fraction of sp³-hybridized carbons (Fsp3) is 0.435. The Morgan fingerprint density at radius 2 is 2.06 bits per heavy atom. The summed E-state index contributed by atoms with van der Waals surface area (Å²) in [6, 6.07) is 4.76. The van der Waals surface area contributed by atoms with Crippen LogP contribution in [0.15, 0.2) is 24.5 Å². The lowest BCUT2D eigenvalue weighted by Crippen LogP contribution is -2.38. The number of halogens is 1. The first-order valence-corrected chi connectivity index (χ1v) is 11.4. The van der Waals surface area contributed by atoms with Gasteiger partial charge in [-0.15, -0.1) is 0 Å². The number of ether oxygens (including phenoxy) is 1. The Bertz CT molecular complexity index is 1210. The van der Waals surface area contributed by atoms with Crippen LogP contribution < -0.4 is 11.5 Å². The number of fused-ring (bicyclic) bond motifs is 1. The minimum Gasteiger partial charge on any atom is -0.460 e. The largest absolute Gasteiger partial charge is 0.460 e. The zero-order valence-electron chi connectivity index (χ0n) is 18.6. The highest BCUT2D eigenvalue weighted by atomic mass is 35.5. The molecule has 2 atom stereocenters. The van der Waals surface area contributed by atoms with E-state index in [2.05, 4.69) is 15.0 Å². The minimum atomic E-state index is -0.759. The summed E-state index contributed by atoms with van der Waals surface area (Å²) < 4.78 is 7.54. The molecule has 0 spiro atoms. The molecule has 0 bridgehead atoms. The molecule has 4 N–H and O–H groups in total. The molecule has 0 radical (unpaired) electrons. The number of carbonyl (C=O) groups is 2. The molecule has 2 unspecified atom stereocenters. The average molecular weight is 471 g/mol. The number of nitrogens with two attached hydrogens (primary N) is 2. The van der Waals surface area contributed by atoms with Gasteiger partial charge in [0.25, 0.3) is 0 Å². The van der Waals surface area contributed by atoms with Gasteiger partial charge in [-0.25, -0.2) is 9.97 Å². The molecule has 1 aliphatic carbocycles. The maximum absolute atomic E-state index is 12.6. The number of esters is 1. The standard InChI is InChI=1S/C23H27ClN6O3/c1-3-12(2)18(26)22(32)33-10-16-14(17(31)9-25)5-4-6-15(16)19-20-21(29-23(24)28-19)30(11-27-20)13-7-8-13/h4-6,11-13,18H,3,7-10,25-26H2,1-2H3. The Morgan fingerprint density at radius 1 is 1.30 bits per heavy atom. The summed E-state index contributed by atoms with van der Waals surface area (Å²) in [6.07, 6.45) is 4.59. The molecule has 33 heavy (non-hydrogen) atoms. The number of Topliss-reactive ketones (excluding diaryl/α,β-unsaturated/α-hetero) is 1. The van der Waals surface area contributed by atoms with E-state index in [-0.39, 0.29) is 30.1 Å². The highest BCUT2D eigenvalue weighted by Gasteiger charge is 2.28. The van der Waals surface area contributed by atoms with Crippen LogP contribution in [0.1, 0.15) is 55.1 Å². The van der Waals surface area contributed by atoms with Gasteiger partial charge in [0.2, 0.25) is 5.28 Å². The zero-order chi connectivity index (χ0) is 23.7. The van der Waals surface area contributed by atoms with Gasteiger partial charge in [0.15, 0.2) is 11.4 Å². The molecule has 1 aliphatic rings. The quantitative estimate of drug-likeness (QED) is 0.276. The summed E-state index contributed by atoms with van der Waals surface area (Å²) in [4.78, 5) is 38.5. The van der Waals surface area contributed by atoms with Crippen LogP contribution in [0.3, 0.4) is 0 Å². The Balaban J connectivity index is 1.79. The van der Waals surface area contributed by atoms with E-state index in [0.717, 1.165) is 19.3 Å². The van der Waals surface area contributed by atoms with Gasteiger partial charge in [0.1, 0.15) is 23.9 Å². The van der Waals surface area contributed by atoms with Crippen molar-refractivity contribution in [2.45, 2.75) is 51.8 Å². The van der Waals surface area contributed by atoms with Crippen LogP contribution in [0.4, 0.5) is 0 Å². The van der Waals surface area contributed by atoms with Crippen molar-refractivity contribution in [2.75, 3.05) is 6.54 Å². The molecule has 2 aromatic heterocycles. The van der Waals surface area contributed by atoms with E-state index >= 15 is 0 Å². The number of hydrogen-bond acceptors (Lipinski definition) is 8. The van der Waals surface area contributed by atoms with Gasteiger partial charge < -0.3 is 20.8 Å². The van der Waals surface area contributed by atoms with Gasteiger partial charge in [-0.05, 0) is 30.4 Å². The van der Waals surface area contributed by atoms with Gasteiger partial charge >= 0.3 is 5.97 Å². The van der Waals surface area contributed by atoms with Crippen molar-refractivity contribution in [3.05, 3.63) is 40.9 Å². The van der Waals surface area contributed by atoms with Crippen molar-refractivity contribution in [2.24, 2.45) is 17.4 Å². The summed E-state index contributed by atoms with van der Waals surface area (Å²) in [5, 5.41) is 0.0668. The SMILES string of the molecule is CCC(C)C(N)C(=O)OCc1c(C(=O)CN)cccc1-c1nc(Cl)nc2c1ncn2C1CC1. The molecule has 9 nitrogen and oxygen atoms in total. The maximum Gasteiger partial charge on any atom is 0.323 e. The summed E-state index contributed by atoms with van der Waals surface area (Å²) >= 11 is 6.28. The van der Waals surface area contributed by atoms with Crippen LogP contribution in [0.25, 0.3) is 22.4 Å². The molecule has 10 heteroatoms. The Morgan fingerprint density at radius 3 is 2.73 bits per heavy atom. The molecule has 174 valence electrons. The lowest BCUT2D eigenvalue weighted by atomic mass is 9.95. The normalized spacial score (nSPS) is 15.4. The first-order chi connectivity index (χ1) is 15.8. The molecular weight excluding hydrogens is 444 g/mol. The van der Waals surface area contributed by atoms with E-state index in [1.165, 1.54) is 0 Å². The summed E-state index contributed by atoms with van der Waals surface area (Å²) in [6.45, 7) is 3.49. The number of carbonyl (C=O) groups excluding carboxylic acids is 2. The summed E-state index contributed by atoms with van der Waals surface area (Å²) in [7, 11) is 0. The van der Waals surface area contributed by atoms with Crippen molar-refractivity contribution in [1.82, 2.24) is 19.5 Å². The predicted octanol–water partition coefficient (Wildman–Crippen LogP) is 3.04. The summed E-state index contributed by atoms with van der Waals surface area (Å²) in [5.41, 5.74) is 14.7. The van der Waals surface area contributed by atoms with Crippen molar-refractivity contribution >= 4 is 34.5 Å². The molecule has 0 saturated heterocycles. The maximum atomic E-state index is 12.6. The molecule has 3 aromatic rings. The third-order valence-electron chi connectivity index (χ3n) is 6.14. The average Bonchev–Trinajstić information content (AvgIpc) is 3.59. The second-order valence-electron chi connectivity index (χ2n) is 8.37. The van der Waals surface area contributed by atoms with Crippen molar-refractivity contribution in [3.63, 3.8) is 0 Å². The van der Waals surface area contributed by atoms with Crippen LogP contribution in [0, 0.1) is 5.92 Å². The van der Waals surface area contributed by atoms with E-state index in [1.54, 1.807) is 24.5 Å². The van der Waals surface area contributed by atoms with E-state index in [9.17, 15) is 9.59 Å². The van der Waals surface area contributed by atoms with Crippen molar-refractivity contribution in [3.8, 4) is 11.3 Å². The minimum absolute atomic E-state index is 0.0374. The number of hydrogen-bond donors (Lipinski definition) is 2. The van der Waals surface area contributed by atoms with E-state index in [0.29, 0.717) is 39.6 Å². The number of rotatable bonds is 9. The number of benzene rings is 1. The Hall–Kier alpha value is -2.88. The molecule has 4 rings (SSSR count). The van der Waals surface area contributed by atoms with Crippen LogP contribution in [-0.4, -0.2) is 43.9 Å². The molecule has 0 aliphatic heterocycles. The fourth-order valence-corrected chi connectivity index (χ4v) is 3.92. The van der Waals surface area contributed by atoms with E-state index in [1.807, 2.05) is 18.4 Å². The highest BCUT2D eigenvalue weighted by Crippen LogP contribution is 2.39. The number of ketones is 1. The second-order valence-corrected chi connectivity index (χ2v) is 8.71. The smallest absolute Gasteiger partial charge is 0.323 e. The van der Waals surface area contributed by atoms with Crippen LogP contribution in [-0.2, 0) is 16.1 Å². The van der Waals surface area contributed by atoms with E-state index in [4.69, 9.17) is 27.8 Å². The van der Waals surface area contributed by atoms with Gasteiger partial charge in [-0.3, -0.25) is 9.59 Å². The van der Waals surface area contributed by atoms with Crippen LogP contribution >= 0.6 is 11.6 Å². The van der Waals surface area contributed by atoms with Crippen LogP contribution in [0.5, 0.6) is 0 Å². The van der Waals surface area contributed by atoms with Crippen molar-refractivity contribution < 1.29 is 14.3 Å². The molecule has 1 aromatic carbocycles. The monoisotopic (exact) mass is 470 g/mol. The summed E-state index contributed by atoms with van der Waals surface area (Å²) in [5.74, 6) is -0.854. The van der Waals surface area contributed by atoms with Gasteiger partial charge in [-0.2, -0.15) is 4.98 Å².